The molecule has 1 fully saturated rings. The van der Waals surface area contributed by atoms with Crippen LogP contribution in [0.3, 0.4) is 0 Å². The standard InChI is InChI=1S/C11H11NO3/c13-8-10-6-7-12(10)15-11(14)9-4-2-1-3-5-9/h1-5,8,10H,6-7H2. The molecular formula is C11H11NO3. The van der Waals surface area contributed by atoms with E-state index in [4.69, 9.17) is 4.84 Å². The van der Waals surface area contributed by atoms with Gasteiger partial charge >= 0.3 is 5.97 Å². The van der Waals surface area contributed by atoms with Gasteiger partial charge in [0, 0.05) is 6.54 Å². The highest BCUT2D eigenvalue weighted by Crippen LogP contribution is 2.16. The number of hydrogen-bond donors (Lipinski definition) is 0. The van der Waals surface area contributed by atoms with Crippen LogP contribution in [-0.2, 0) is 9.63 Å². The molecule has 0 saturated carbocycles. The maximum Gasteiger partial charge on any atom is 0.357 e. The van der Waals surface area contributed by atoms with Crippen LogP contribution in [0.2, 0.25) is 0 Å². The molecule has 4 nitrogen and oxygen atoms in total. The van der Waals surface area contributed by atoms with E-state index < -0.39 is 5.97 Å². The number of carbonyl (C=O) groups excluding carboxylic acids is 2. The Labute approximate surface area is 87.4 Å². The summed E-state index contributed by atoms with van der Waals surface area (Å²) in [6, 6.07) is 8.45. The predicted octanol–water partition coefficient (Wildman–Crippen LogP) is 1.03. The van der Waals surface area contributed by atoms with Crippen LogP contribution in [0.15, 0.2) is 30.3 Å². The normalized spacial score (nSPS) is 20.4. The van der Waals surface area contributed by atoms with E-state index in [2.05, 4.69) is 0 Å². The van der Waals surface area contributed by atoms with Gasteiger partial charge < -0.3 is 9.63 Å². The summed E-state index contributed by atoms with van der Waals surface area (Å²) in [4.78, 5) is 27.1. The number of carbonyl (C=O) groups is 2. The second-order valence-electron chi connectivity index (χ2n) is 3.38. The molecule has 1 aromatic carbocycles. The summed E-state index contributed by atoms with van der Waals surface area (Å²) in [6.07, 6.45) is 1.55. The molecule has 0 spiro atoms. The maximum atomic E-state index is 11.5. The SMILES string of the molecule is O=CC1CCN1OC(=O)c1ccccc1. The minimum absolute atomic E-state index is 0.266. The number of hydrogen-bond acceptors (Lipinski definition) is 4. The first kappa shape index (κ1) is 9.86. The Balaban J connectivity index is 1.96. The van der Waals surface area contributed by atoms with E-state index in [1.54, 1.807) is 24.3 Å². The van der Waals surface area contributed by atoms with Gasteiger partial charge in [0.05, 0.1) is 5.56 Å². The predicted molar refractivity (Wildman–Crippen MR) is 53.0 cm³/mol. The average Bonchev–Trinajstić information content (AvgIpc) is 2.26. The van der Waals surface area contributed by atoms with Crippen LogP contribution in [0.25, 0.3) is 0 Å². The first-order valence-electron chi connectivity index (χ1n) is 4.80. The lowest BCUT2D eigenvalue weighted by Crippen LogP contribution is -2.49. The number of rotatable bonds is 3. The first-order chi connectivity index (χ1) is 7.31. The van der Waals surface area contributed by atoms with Crippen molar-refractivity contribution < 1.29 is 14.4 Å². The van der Waals surface area contributed by atoms with E-state index in [9.17, 15) is 9.59 Å². The summed E-state index contributed by atoms with van der Waals surface area (Å²) in [5, 5.41) is 1.41. The van der Waals surface area contributed by atoms with Crippen LogP contribution >= 0.6 is 0 Å². The Hall–Kier alpha value is -1.68. The summed E-state index contributed by atoms with van der Waals surface area (Å²) in [6.45, 7) is 0.627. The summed E-state index contributed by atoms with van der Waals surface area (Å²) in [5.74, 6) is -0.415. The van der Waals surface area contributed by atoms with Crippen LogP contribution < -0.4 is 0 Å². The molecule has 1 aliphatic rings. The largest absolute Gasteiger partial charge is 0.363 e. The van der Waals surface area contributed by atoms with Gasteiger partial charge in [-0.3, -0.25) is 0 Å². The molecule has 78 valence electrons. The fraction of sp³-hybridized carbons (Fsp3) is 0.273. The average molecular weight is 205 g/mol. The van der Waals surface area contributed by atoms with Crippen molar-refractivity contribution in [1.82, 2.24) is 5.06 Å². The minimum atomic E-state index is -0.415. The fourth-order valence-corrected chi connectivity index (χ4v) is 1.37. The molecule has 4 heteroatoms. The van der Waals surface area contributed by atoms with Crippen molar-refractivity contribution in [3.8, 4) is 0 Å². The van der Waals surface area contributed by atoms with Crippen molar-refractivity contribution in [1.29, 1.82) is 0 Å². The van der Waals surface area contributed by atoms with Crippen molar-refractivity contribution in [3.05, 3.63) is 35.9 Å². The van der Waals surface area contributed by atoms with Gasteiger partial charge in [-0.1, -0.05) is 18.2 Å². The zero-order valence-electron chi connectivity index (χ0n) is 8.13. The Kier molecular flexibility index (Phi) is 2.78. The van der Waals surface area contributed by atoms with Gasteiger partial charge in [-0.15, -0.1) is 5.06 Å². The number of benzene rings is 1. The number of aldehydes is 1. The molecule has 2 rings (SSSR count). The Morgan fingerprint density at radius 3 is 2.67 bits per heavy atom. The third-order valence-electron chi connectivity index (χ3n) is 2.38. The lowest BCUT2D eigenvalue weighted by molar-refractivity contribution is -0.183. The van der Waals surface area contributed by atoms with Crippen molar-refractivity contribution in [2.75, 3.05) is 6.54 Å². The molecule has 0 aromatic heterocycles. The van der Waals surface area contributed by atoms with E-state index in [0.29, 0.717) is 12.1 Å². The van der Waals surface area contributed by atoms with Gasteiger partial charge in [0.15, 0.2) is 0 Å². The van der Waals surface area contributed by atoms with Crippen molar-refractivity contribution in [2.24, 2.45) is 0 Å². The summed E-state index contributed by atoms with van der Waals surface area (Å²) in [5.41, 5.74) is 0.494. The molecule has 1 heterocycles. The van der Waals surface area contributed by atoms with Crippen LogP contribution in [0.4, 0.5) is 0 Å². The summed E-state index contributed by atoms with van der Waals surface area (Å²) in [7, 11) is 0. The maximum absolute atomic E-state index is 11.5. The third kappa shape index (κ3) is 2.05. The number of nitrogens with zero attached hydrogens (tertiary/aromatic N) is 1. The molecule has 1 unspecified atom stereocenters. The highest BCUT2D eigenvalue weighted by molar-refractivity contribution is 5.89. The van der Waals surface area contributed by atoms with E-state index in [0.717, 1.165) is 12.7 Å². The lowest BCUT2D eigenvalue weighted by Gasteiger charge is -2.34. The van der Waals surface area contributed by atoms with E-state index in [-0.39, 0.29) is 6.04 Å². The van der Waals surface area contributed by atoms with E-state index >= 15 is 0 Å². The van der Waals surface area contributed by atoms with Gasteiger partial charge in [-0.2, -0.15) is 0 Å². The van der Waals surface area contributed by atoms with Crippen molar-refractivity contribution in [3.63, 3.8) is 0 Å². The Morgan fingerprint density at radius 2 is 2.13 bits per heavy atom. The summed E-state index contributed by atoms with van der Waals surface area (Å²) < 4.78 is 0. The van der Waals surface area contributed by atoms with Gasteiger partial charge in [0.1, 0.15) is 12.3 Å². The third-order valence-corrected chi connectivity index (χ3v) is 2.38. The van der Waals surface area contributed by atoms with Crippen LogP contribution in [-0.4, -0.2) is 29.9 Å². The second-order valence-corrected chi connectivity index (χ2v) is 3.38. The van der Waals surface area contributed by atoms with Crippen molar-refractivity contribution in [2.45, 2.75) is 12.5 Å². The van der Waals surface area contributed by atoms with Gasteiger partial charge in [0.25, 0.3) is 0 Å². The molecule has 0 radical (unpaired) electrons. The van der Waals surface area contributed by atoms with Crippen LogP contribution in [0.5, 0.6) is 0 Å². The zero-order valence-corrected chi connectivity index (χ0v) is 8.13. The summed E-state index contributed by atoms with van der Waals surface area (Å²) >= 11 is 0. The smallest absolute Gasteiger partial charge is 0.357 e. The highest BCUT2D eigenvalue weighted by Gasteiger charge is 2.31. The van der Waals surface area contributed by atoms with Crippen LogP contribution in [0.1, 0.15) is 16.8 Å². The molecule has 1 aliphatic heterocycles. The van der Waals surface area contributed by atoms with Gasteiger partial charge in [-0.25, -0.2) is 4.79 Å². The highest BCUT2D eigenvalue weighted by atomic mass is 16.7. The molecule has 0 aliphatic carbocycles. The lowest BCUT2D eigenvalue weighted by atomic mass is 10.1. The quantitative estimate of drug-likeness (QED) is 0.691. The minimum Gasteiger partial charge on any atom is -0.363 e. The molecular weight excluding hydrogens is 194 g/mol. The molecule has 0 amide bonds. The monoisotopic (exact) mass is 205 g/mol. The topological polar surface area (TPSA) is 46.6 Å². The Morgan fingerprint density at radius 1 is 1.40 bits per heavy atom. The molecule has 15 heavy (non-hydrogen) atoms. The molecule has 1 saturated heterocycles. The van der Waals surface area contributed by atoms with E-state index in [1.165, 1.54) is 5.06 Å². The molecule has 0 N–H and O–H groups in total. The van der Waals surface area contributed by atoms with E-state index in [1.807, 2.05) is 6.07 Å². The van der Waals surface area contributed by atoms with Gasteiger partial charge in [0.2, 0.25) is 0 Å². The second kappa shape index (κ2) is 4.23. The molecule has 0 bridgehead atoms. The van der Waals surface area contributed by atoms with Crippen LogP contribution in [0, 0.1) is 0 Å². The zero-order chi connectivity index (χ0) is 10.7. The fourth-order valence-electron chi connectivity index (χ4n) is 1.37. The first-order valence-corrected chi connectivity index (χ1v) is 4.80. The number of hydroxylamine groups is 2. The molecule has 1 aromatic rings. The van der Waals surface area contributed by atoms with Crippen molar-refractivity contribution >= 4 is 12.3 Å². The van der Waals surface area contributed by atoms with Gasteiger partial charge in [-0.05, 0) is 18.6 Å². The Bertz CT molecular complexity index is 363. The molecule has 1 atom stereocenters.